The lowest BCUT2D eigenvalue weighted by Gasteiger charge is -2.31. The number of ether oxygens (including phenoxy) is 1. The smallest absolute Gasteiger partial charge is 0.274 e. The van der Waals surface area contributed by atoms with E-state index in [1.807, 2.05) is 11.0 Å². The Morgan fingerprint density at radius 3 is 2.79 bits per heavy atom. The number of piperidine rings is 1. The highest BCUT2D eigenvalue weighted by molar-refractivity contribution is 5.92. The minimum atomic E-state index is -0.230. The fraction of sp³-hybridized carbons (Fsp3) is 0.381. The standard InChI is InChI=1S/C21H24N4O3/c1-28-13-12-25-20(26)7-6-19(23-25)21(27)24-10-8-15(9-11-24)17-14-22-18-5-3-2-4-16(17)18/h2-7,14-15,22H,8-13H2,1H3. The first-order valence-electron chi connectivity index (χ1n) is 9.60. The Morgan fingerprint density at radius 1 is 1.21 bits per heavy atom. The zero-order valence-electron chi connectivity index (χ0n) is 15.9. The summed E-state index contributed by atoms with van der Waals surface area (Å²) in [6.45, 7) is 2.07. The minimum absolute atomic E-state index is 0.122. The van der Waals surface area contributed by atoms with Crippen molar-refractivity contribution in [3.63, 3.8) is 0 Å². The first kappa shape index (κ1) is 18.4. The number of likely N-dealkylation sites (tertiary alicyclic amines) is 1. The van der Waals surface area contributed by atoms with Crippen LogP contribution in [-0.2, 0) is 11.3 Å². The van der Waals surface area contributed by atoms with Gasteiger partial charge in [-0.05, 0) is 36.5 Å². The summed E-state index contributed by atoms with van der Waals surface area (Å²) < 4.78 is 6.28. The van der Waals surface area contributed by atoms with Crippen molar-refractivity contribution in [2.75, 3.05) is 26.8 Å². The fourth-order valence-electron chi connectivity index (χ4n) is 3.89. The topological polar surface area (TPSA) is 80.2 Å². The van der Waals surface area contributed by atoms with Gasteiger partial charge in [-0.2, -0.15) is 5.10 Å². The third kappa shape index (κ3) is 3.57. The first-order valence-corrected chi connectivity index (χ1v) is 9.60. The normalized spacial score (nSPS) is 15.2. The molecule has 1 fully saturated rings. The van der Waals surface area contributed by atoms with Crippen molar-refractivity contribution >= 4 is 16.8 Å². The largest absolute Gasteiger partial charge is 0.383 e. The molecule has 0 spiro atoms. The number of carbonyl (C=O) groups is 1. The molecule has 1 aliphatic heterocycles. The molecular formula is C21H24N4O3. The summed E-state index contributed by atoms with van der Waals surface area (Å²) in [5.41, 5.74) is 2.56. The third-order valence-corrected chi connectivity index (χ3v) is 5.44. The molecule has 0 aliphatic carbocycles. The lowest BCUT2D eigenvalue weighted by molar-refractivity contribution is 0.0703. The van der Waals surface area contributed by atoms with Crippen LogP contribution in [0, 0.1) is 0 Å². The Hall–Kier alpha value is -2.93. The minimum Gasteiger partial charge on any atom is -0.383 e. The molecule has 4 rings (SSSR count). The molecule has 28 heavy (non-hydrogen) atoms. The van der Waals surface area contributed by atoms with Gasteiger partial charge in [0.25, 0.3) is 11.5 Å². The van der Waals surface area contributed by atoms with E-state index < -0.39 is 0 Å². The van der Waals surface area contributed by atoms with Gasteiger partial charge in [-0.25, -0.2) is 4.68 Å². The predicted octanol–water partition coefficient (Wildman–Crippen LogP) is 2.39. The molecular weight excluding hydrogens is 356 g/mol. The zero-order valence-corrected chi connectivity index (χ0v) is 15.9. The number of nitrogens with zero attached hydrogens (tertiary/aromatic N) is 3. The lowest BCUT2D eigenvalue weighted by atomic mass is 9.89. The number of benzene rings is 1. The summed E-state index contributed by atoms with van der Waals surface area (Å²) in [4.78, 5) is 29.9. The van der Waals surface area contributed by atoms with Crippen molar-refractivity contribution < 1.29 is 9.53 Å². The number of methoxy groups -OCH3 is 1. The molecule has 7 heteroatoms. The molecule has 7 nitrogen and oxygen atoms in total. The maximum atomic E-state index is 12.9. The van der Waals surface area contributed by atoms with Crippen molar-refractivity contribution in [2.45, 2.75) is 25.3 Å². The molecule has 1 saturated heterocycles. The number of carbonyl (C=O) groups excluding carboxylic acids is 1. The average Bonchev–Trinajstić information content (AvgIpc) is 3.17. The zero-order chi connectivity index (χ0) is 19.5. The van der Waals surface area contributed by atoms with E-state index in [0.717, 1.165) is 18.4 Å². The molecule has 146 valence electrons. The second-order valence-electron chi connectivity index (χ2n) is 7.13. The van der Waals surface area contributed by atoms with Crippen LogP contribution in [0.25, 0.3) is 10.9 Å². The molecule has 3 aromatic rings. The number of para-hydroxylation sites is 1. The molecule has 0 unspecified atom stereocenters. The lowest BCUT2D eigenvalue weighted by Crippen LogP contribution is -2.39. The van der Waals surface area contributed by atoms with Crippen LogP contribution in [0.5, 0.6) is 0 Å². The maximum absolute atomic E-state index is 12.9. The van der Waals surface area contributed by atoms with Crippen LogP contribution in [0.2, 0.25) is 0 Å². The Balaban J connectivity index is 1.45. The Kier molecular flexibility index (Phi) is 5.25. The van der Waals surface area contributed by atoms with Crippen LogP contribution in [0.4, 0.5) is 0 Å². The van der Waals surface area contributed by atoms with Crippen LogP contribution < -0.4 is 5.56 Å². The van der Waals surface area contributed by atoms with Gasteiger partial charge in [-0.15, -0.1) is 0 Å². The van der Waals surface area contributed by atoms with Gasteiger partial charge in [0.15, 0.2) is 0 Å². The van der Waals surface area contributed by atoms with Gasteiger partial charge in [-0.3, -0.25) is 9.59 Å². The van der Waals surface area contributed by atoms with Crippen molar-refractivity contribution in [1.29, 1.82) is 0 Å². The highest BCUT2D eigenvalue weighted by Gasteiger charge is 2.27. The van der Waals surface area contributed by atoms with Gasteiger partial charge in [-0.1, -0.05) is 18.2 Å². The summed E-state index contributed by atoms with van der Waals surface area (Å²) in [6.07, 6.45) is 3.92. The number of aromatic nitrogens is 3. The molecule has 0 saturated carbocycles. The van der Waals surface area contributed by atoms with Crippen molar-refractivity contribution in [3.05, 3.63) is 64.2 Å². The molecule has 0 bridgehead atoms. The van der Waals surface area contributed by atoms with Crippen LogP contribution >= 0.6 is 0 Å². The maximum Gasteiger partial charge on any atom is 0.274 e. The molecule has 0 atom stereocenters. The van der Waals surface area contributed by atoms with Gasteiger partial charge in [0.1, 0.15) is 5.69 Å². The van der Waals surface area contributed by atoms with Gasteiger partial charge >= 0.3 is 0 Å². The predicted molar refractivity (Wildman–Crippen MR) is 107 cm³/mol. The third-order valence-electron chi connectivity index (χ3n) is 5.44. The fourth-order valence-corrected chi connectivity index (χ4v) is 3.89. The van der Waals surface area contributed by atoms with E-state index in [1.165, 1.54) is 27.8 Å². The van der Waals surface area contributed by atoms with Gasteiger partial charge in [0.2, 0.25) is 0 Å². The second kappa shape index (κ2) is 7.98. The van der Waals surface area contributed by atoms with Crippen LogP contribution in [-0.4, -0.2) is 52.4 Å². The van der Waals surface area contributed by atoms with E-state index in [-0.39, 0.29) is 11.5 Å². The highest BCUT2D eigenvalue weighted by Crippen LogP contribution is 2.33. The van der Waals surface area contributed by atoms with Crippen molar-refractivity contribution in [1.82, 2.24) is 19.7 Å². The second-order valence-corrected chi connectivity index (χ2v) is 7.13. The van der Waals surface area contributed by atoms with E-state index in [1.54, 1.807) is 7.11 Å². The molecule has 2 aromatic heterocycles. The molecule has 3 heterocycles. The van der Waals surface area contributed by atoms with Gasteiger partial charge in [0, 0.05) is 43.4 Å². The number of amides is 1. The molecule has 1 aliphatic rings. The Morgan fingerprint density at radius 2 is 2.00 bits per heavy atom. The quantitative estimate of drug-likeness (QED) is 0.737. The number of fused-ring (bicyclic) bond motifs is 1. The highest BCUT2D eigenvalue weighted by atomic mass is 16.5. The molecule has 1 aromatic carbocycles. The Labute approximate surface area is 162 Å². The van der Waals surface area contributed by atoms with E-state index >= 15 is 0 Å². The summed E-state index contributed by atoms with van der Waals surface area (Å²) in [6, 6.07) is 11.2. The molecule has 0 radical (unpaired) electrons. The molecule has 1 N–H and O–H groups in total. The van der Waals surface area contributed by atoms with Gasteiger partial charge in [0.05, 0.1) is 13.2 Å². The number of hydrogen-bond acceptors (Lipinski definition) is 4. The van der Waals surface area contributed by atoms with Crippen LogP contribution in [0.1, 0.15) is 34.8 Å². The summed E-state index contributed by atoms with van der Waals surface area (Å²) in [7, 11) is 1.57. The number of H-pyrrole nitrogens is 1. The first-order chi connectivity index (χ1) is 13.7. The van der Waals surface area contributed by atoms with E-state index in [9.17, 15) is 9.59 Å². The van der Waals surface area contributed by atoms with E-state index in [0.29, 0.717) is 37.9 Å². The number of rotatable bonds is 5. The average molecular weight is 380 g/mol. The van der Waals surface area contributed by atoms with Crippen LogP contribution in [0.15, 0.2) is 47.4 Å². The van der Waals surface area contributed by atoms with Crippen molar-refractivity contribution in [3.8, 4) is 0 Å². The SMILES string of the molecule is COCCn1nc(C(=O)N2CCC(c3c[nH]c4ccccc34)CC2)ccc1=O. The van der Waals surface area contributed by atoms with Gasteiger partial charge < -0.3 is 14.6 Å². The summed E-state index contributed by atoms with van der Waals surface area (Å²) in [5.74, 6) is 0.312. The van der Waals surface area contributed by atoms with Crippen LogP contribution in [0.3, 0.4) is 0 Å². The van der Waals surface area contributed by atoms with Crippen molar-refractivity contribution in [2.24, 2.45) is 0 Å². The van der Waals surface area contributed by atoms with E-state index in [2.05, 4.69) is 34.5 Å². The molecule has 1 amide bonds. The Bertz CT molecular complexity index is 1030. The van der Waals surface area contributed by atoms with E-state index in [4.69, 9.17) is 4.74 Å². The number of aromatic amines is 1. The number of hydrogen-bond donors (Lipinski definition) is 1. The summed E-state index contributed by atoms with van der Waals surface area (Å²) >= 11 is 0. The monoisotopic (exact) mass is 380 g/mol. The summed E-state index contributed by atoms with van der Waals surface area (Å²) in [5, 5.41) is 5.49. The number of nitrogens with one attached hydrogen (secondary N) is 1.